The number of likely N-dealkylation sites (N-methyl/N-ethyl adjacent to an activating group) is 2. The van der Waals surface area contributed by atoms with E-state index >= 15 is 0 Å². The van der Waals surface area contributed by atoms with Crippen molar-refractivity contribution >= 4 is 23.7 Å². The molecule has 2 saturated heterocycles. The third kappa shape index (κ3) is 3.43. The van der Waals surface area contributed by atoms with E-state index in [9.17, 15) is 9.59 Å². The molecule has 0 saturated carbocycles. The number of aromatic nitrogens is 2. The molecule has 4 heterocycles. The van der Waals surface area contributed by atoms with Crippen LogP contribution in [0.4, 0.5) is 4.79 Å². The summed E-state index contributed by atoms with van der Waals surface area (Å²) >= 11 is 0. The number of aliphatic imine (C=N–C) groups is 1. The van der Waals surface area contributed by atoms with Gasteiger partial charge in [-0.1, -0.05) is 18.8 Å². The predicted molar refractivity (Wildman–Crippen MR) is 111 cm³/mol. The van der Waals surface area contributed by atoms with Gasteiger partial charge in [0.15, 0.2) is 0 Å². The highest BCUT2D eigenvalue weighted by molar-refractivity contribution is 6.22. The predicted octanol–water partition coefficient (Wildman–Crippen LogP) is -0.139. The molecular weight excluding hydrogens is 386 g/mol. The number of hydrogen-bond acceptors (Lipinski definition) is 6. The molecule has 162 valence electrons. The fraction of sp³-hybridized carbons (Fsp3) is 0.650. The van der Waals surface area contributed by atoms with Crippen LogP contribution in [0.25, 0.3) is 0 Å². The van der Waals surface area contributed by atoms with Gasteiger partial charge in [0.25, 0.3) is 5.91 Å². The second kappa shape index (κ2) is 8.27. The molecule has 30 heavy (non-hydrogen) atoms. The molecule has 0 N–H and O–H groups in total. The van der Waals surface area contributed by atoms with Crippen molar-refractivity contribution < 1.29 is 18.9 Å². The average Bonchev–Trinajstić information content (AvgIpc) is 3.33. The smallest absolute Gasteiger partial charge is 0.379 e. The first-order chi connectivity index (χ1) is 14.5. The second-order valence-electron chi connectivity index (χ2n) is 7.81. The third-order valence-corrected chi connectivity index (χ3v) is 6.01. The molecule has 2 fully saturated rings. The molecule has 0 bridgehead atoms. The lowest BCUT2D eigenvalue weighted by Crippen LogP contribution is -2.63. The summed E-state index contributed by atoms with van der Waals surface area (Å²) in [6.07, 6.45) is 1.62. The van der Waals surface area contributed by atoms with E-state index in [0.29, 0.717) is 38.1 Å². The second-order valence-corrected chi connectivity index (χ2v) is 7.81. The quantitative estimate of drug-likeness (QED) is 0.624. The summed E-state index contributed by atoms with van der Waals surface area (Å²) in [6, 6.07) is 1.11. The summed E-state index contributed by atoms with van der Waals surface area (Å²) < 4.78 is 9.00. The third-order valence-electron chi connectivity index (χ3n) is 6.01. The molecule has 1 aromatic rings. The van der Waals surface area contributed by atoms with Gasteiger partial charge >= 0.3 is 12.0 Å². The van der Waals surface area contributed by atoms with Crippen molar-refractivity contribution in [3.63, 3.8) is 0 Å². The van der Waals surface area contributed by atoms with Crippen molar-refractivity contribution in [3.05, 3.63) is 17.5 Å². The minimum atomic E-state index is -0.619. The van der Waals surface area contributed by atoms with Crippen LogP contribution < -0.4 is 0 Å². The Labute approximate surface area is 176 Å². The summed E-state index contributed by atoms with van der Waals surface area (Å²) in [7, 11) is 3.52. The zero-order valence-corrected chi connectivity index (χ0v) is 18.2. The van der Waals surface area contributed by atoms with Crippen molar-refractivity contribution in [1.29, 1.82) is 0 Å². The molecule has 1 aromatic heterocycles. The van der Waals surface area contributed by atoms with Crippen molar-refractivity contribution in [2.75, 3.05) is 53.5 Å². The standard InChI is InChI=1S/C20H30N7O3/c1-5-14-13-15(6-2)27(22-14)19-21-17-16(23(19)3)18(28)26(20(29)24(17)4)8-7-25-9-11-30-12-10-25/h13,16H,5-12H2,1-4H3/q+1. The number of fused-ring (bicyclic) bond motifs is 1. The number of aryl methyl sites for hydroxylation is 2. The lowest BCUT2D eigenvalue weighted by molar-refractivity contribution is -0.507. The van der Waals surface area contributed by atoms with Crippen LogP contribution in [0.15, 0.2) is 11.1 Å². The fourth-order valence-corrected chi connectivity index (χ4v) is 4.13. The molecule has 3 aliphatic heterocycles. The van der Waals surface area contributed by atoms with Gasteiger partial charge in [-0.2, -0.15) is 0 Å². The number of carbonyl (C=O) groups is 2. The number of carbonyl (C=O) groups excluding carboxylic acids is 2. The SMILES string of the molecule is CCc1cc(CC)n(C2=[N+](C)C3C(=O)N(CCN4CCOCC4)C(=O)N(C)C3=N2)n1. The van der Waals surface area contributed by atoms with E-state index < -0.39 is 6.04 Å². The number of rotatable bonds is 5. The first-order valence-electron chi connectivity index (χ1n) is 10.6. The van der Waals surface area contributed by atoms with Gasteiger partial charge in [0.2, 0.25) is 11.9 Å². The maximum absolute atomic E-state index is 13.3. The monoisotopic (exact) mass is 416 g/mol. The van der Waals surface area contributed by atoms with Crippen LogP contribution in [0.2, 0.25) is 0 Å². The Morgan fingerprint density at radius 1 is 1.17 bits per heavy atom. The van der Waals surface area contributed by atoms with Crippen LogP contribution in [-0.2, 0) is 22.4 Å². The highest BCUT2D eigenvalue weighted by atomic mass is 16.5. The zero-order chi connectivity index (χ0) is 21.4. The number of imide groups is 1. The van der Waals surface area contributed by atoms with Crippen LogP contribution in [-0.4, -0.2) is 112 Å². The Morgan fingerprint density at radius 3 is 2.57 bits per heavy atom. The van der Waals surface area contributed by atoms with E-state index in [1.807, 2.05) is 11.6 Å². The number of amides is 3. The topological polar surface area (TPSA) is 86.3 Å². The minimum absolute atomic E-state index is 0.233. The van der Waals surface area contributed by atoms with Gasteiger partial charge < -0.3 is 4.74 Å². The molecule has 4 rings (SSSR count). The fourth-order valence-electron chi connectivity index (χ4n) is 4.13. The van der Waals surface area contributed by atoms with Crippen LogP contribution in [0.5, 0.6) is 0 Å². The molecule has 3 amide bonds. The zero-order valence-electron chi connectivity index (χ0n) is 18.2. The molecule has 0 aromatic carbocycles. The van der Waals surface area contributed by atoms with Crippen molar-refractivity contribution in [3.8, 4) is 0 Å². The van der Waals surface area contributed by atoms with Crippen LogP contribution in [0.1, 0.15) is 25.2 Å². The van der Waals surface area contributed by atoms with Crippen LogP contribution in [0, 0.1) is 0 Å². The number of amidine groups is 1. The van der Waals surface area contributed by atoms with Gasteiger partial charge in [0.1, 0.15) is 5.69 Å². The van der Waals surface area contributed by atoms with E-state index in [4.69, 9.17) is 4.74 Å². The van der Waals surface area contributed by atoms with Gasteiger partial charge in [-0.05, 0) is 12.5 Å². The molecule has 0 aliphatic carbocycles. The summed E-state index contributed by atoms with van der Waals surface area (Å²) in [6.45, 7) is 8.14. The largest absolute Gasteiger partial charge is 0.421 e. The minimum Gasteiger partial charge on any atom is -0.379 e. The summed E-state index contributed by atoms with van der Waals surface area (Å²) in [5.74, 6) is 0.804. The highest BCUT2D eigenvalue weighted by Crippen LogP contribution is 2.20. The Bertz CT molecular complexity index is 914. The molecule has 0 radical (unpaired) electrons. The number of ether oxygens (including phenoxy) is 1. The van der Waals surface area contributed by atoms with Crippen LogP contribution in [0.3, 0.4) is 0 Å². The Hall–Kier alpha value is -2.59. The van der Waals surface area contributed by atoms with Gasteiger partial charge in [-0.3, -0.25) is 19.5 Å². The normalized spacial score (nSPS) is 22.8. The molecule has 1 atom stereocenters. The first-order valence-corrected chi connectivity index (χ1v) is 10.6. The van der Waals surface area contributed by atoms with Gasteiger partial charge in [0, 0.05) is 39.6 Å². The average molecular weight is 417 g/mol. The number of urea groups is 1. The Balaban J connectivity index is 1.61. The number of morpholine rings is 1. The Morgan fingerprint density at radius 2 is 1.90 bits per heavy atom. The van der Waals surface area contributed by atoms with E-state index in [2.05, 4.69) is 34.9 Å². The van der Waals surface area contributed by atoms with Gasteiger partial charge in [-0.25, -0.2) is 9.37 Å². The molecule has 0 spiro atoms. The molecule has 10 nitrogen and oxygen atoms in total. The van der Waals surface area contributed by atoms with Crippen molar-refractivity contribution in [2.24, 2.45) is 4.99 Å². The lowest BCUT2D eigenvalue weighted by atomic mass is 10.1. The molecule has 1 unspecified atom stereocenters. The first kappa shape index (κ1) is 20.7. The summed E-state index contributed by atoms with van der Waals surface area (Å²) in [5, 5.41) is 4.66. The highest BCUT2D eigenvalue weighted by Gasteiger charge is 2.52. The van der Waals surface area contributed by atoms with E-state index in [1.54, 1.807) is 11.7 Å². The molecule has 10 heteroatoms. The van der Waals surface area contributed by atoms with Crippen molar-refractivity contribution in [1.82, 2.24) is 24.5 Å². The van der Waals surface area contributed by atoms with E-state index in [-0.39, 0.29) is 11.9 Å². The molecular formula is C20H30N7O3+. The summed E-state index contributed by atoms with van der Waals surface area (Å²) in [4.78, 5) is 36.0. The molecule has 3 aliphatic rings. The number of hydrogen-bond donors (Lipinski definition) is 0. The van der Waals surface area contributed by atoms with Gasteiger partial charge in [0.05, 0.1) is 26.0 Å². The van der Waals surface area contributed by atoms with Crippen LogP contribution >= 0.6 is 0 Å². The van der Waals surface area contributed by atoms with Gasteiger partial charge in [-0.15, -0.1) is 9.78 Å². The van der Waals surface area contributed by atoms with E-state index in [1.165, 1.54) is 9.80 Å². The van der Waals surface area contributed by atoms with Crippen molar-refractivity contribution in [2.45, 2.75) is 32.7 Å². The maximum atomic E-state index is 13.3. The maximum Gasteiger partial charge on any atom is 0.421 e. The number of nitrogens with zero attached hydrogens (tertiary/aromatic N) is 7. The lowest BCUT2D eigenvalue weighted by Gasteiger charge is -2.35. The van der Waals surface area contributed by atoms with E-state index in [0.717, 1.165) is 37.3 Å². The summed E-state index contributed by atoms with van der Waals surface area (Å²) in [5.41, 5.74) is 2.01. The Kier molecular flexibility index (Phi) is 5.70.